The molecule has 0 saturated heterocycles. The van der Waals surface area contributed by atoms with Gasteiger partial charge in [-0.2, -0.15) is 0 Å². The molecule has 0 aliphatic rings. The number of halogens is 2. The SMILES string of the molecule is CCNC(Cc1ccc(F)c(Cl)c1)c1c(C)cccc1C. The van der Waals surface area contributed by atoms with E-state index in [4.69, 9.17) is 11.6 Å². The van der Waals surface area contributed by atoms with Crippen LogP contribution in [0.5, 0.6) is 0 Å². The average molecular weight is 306 g/mol. The van der Waals surface area contributed by atoms with E-state index >= 15 is 0 Å². The monoisotopic (exact) mass is 305 g/mol. The first kappa shape index (κ1) is 16.0. The number of hydrogen-bond donors (Lipinski definition) is 1. The van der Waals surface area contributed by atoms with Crippen molar-refractivity contribution in [1.29, 1.82) is 0 Å². The summed E-state index contributed by atoms with van der Waals surface area (Å²) in [6, 6.07) is 11.5. The number of nitrogens with one attached hydrogen (secondary N) is 1. The molecular weight excluding hydrogens is 285 g/mol. The predicted octanol–water partition coefficient (Wildman–Crippen LogP) is 4.99. The number of rotatable bonds is 5. The fourth-order valence-corrected chi connectivity index (χ4v) is 3.01. The van der Waals surface area contributed by atoms with E-state index in [-0.39, 0.29) is 16.9 Å². The van der Waals surface area contributed by atoms with Gasteiger partial charge in [0.05, 0.1) is 5.02 Å². The van der Waals surface area contributed by atoms with Crippen molar-refractivity contribution in [1.82, 2.24) is 5.32 Å². The molecule has 1 nitrogen and oxygen atoms in total. The molecule has 0 aliphatic carbocycles. The molecular formula is C18H21ClFN. The summed E-state index contributed by atoms with van der Waals surface area (Å²) < 4.78 is 13.3. The van der Waals surface area contributed by atoms with Crippen molar-refractivity contribution >= 4 is 11.6 Å². The van der Waals surface area contributed by atoms with Gasteiger partial charge in [0.2, 0.25) is 0 Å². The largest absolute Gasteiger partial charge is 0.310 e. The highest BCUT2D eigenvalue weighted by molar-refractivity contribution is 6.30. The third kappa shape index (κ3) is 3.84. The zero-order valence-electron chi connectivity index (χ0n) is 12.7. The van der Waals surface area contributed by atoms with E-state index in [0.717, 1.165) is 18.5 Å². The van der Waals surface area contributed by atoms with Gasteiger partial charge in [0, 0.05) is 6.04 Å². The fourth-order valence-electron chi connectivity index (χ4n) is 2.80. The van der Waals surface area contributed by atoms with Crippen LogP contribution in [-0.2, 0) is 6.42 Å². The minimum atomic E-state index is -0.368. The maximum absolute atomic E-state index is 13.3. The molecule has 0 spiro atoms. The normalized spacial score (nSPS) is 12.4. The van der Waals surface area contributed by atoms with Gasteiger partial charge < -0.3 is 5.32 Å². The number of likely N-dealkylation sites (N-methyl/N-ethyl adjacent to an activating group) is 1. The Labute approximate surface area is 131 Å². The van der Waals surface area contributed by atoms with E-state index in [1.807, 2.05) is 0 Å². The summed E-state index contributed by atoms with van der Waals surface area (Å²) in [4.78, 5) is 0. The average Bonchev–Trinajstić information content (AvgIpc) is 2.43. The second-order valence-electron chi connectivity index (χ2n) is 5.37. The van der Waals surface area contributed by atoms with Crippen LogP contribution >= 0.6 is 11.6 Å². The first-order valence-electron chi connectivity index (χ1n) is 7.26. The van der Waals surface area contributed by atoms with Gasteiger partial charge in [0.25, 0.3) is 0 Å². The Kier molecular flexibility index (Phi) is 5.38. The van der Waals surface area contributed by atoms with Gasteiger partial charge in [0.15, 0.2) is 0 Å². The van der Waals surface area contributed by atoms with Crippen molar-refractivity contribution in [2.45, 2.75) is 33.2 Å². The maximum Gasteiger partial charge on any atom is 0.141 e. The highest BCUT2D eigenvalue weighted by atomic mass is 35.5. The van der Waals surface area contributed by atoms with Crippen LogP contribution in [0, 0.1) is 19.7 Å². The van der Waals surface area contributed by atoms with Gasteiger partial charge >= 0.3 is 0 Å². The van der Waals surface area contributed by atoms with Crippen molar-refractivity contribution in [3.63, 3.8) is 0 Å². The van der Waals surface area contributed by atoms with Gasteiger partial charge in [-0.3, -0.25) is 0 Å². The van der Waals surface area contributed by atoms with E-state index in [9.17, 15) is 4.39 Å². The van der Waals surface area contributed by atoms with Crippen molar-refractivity contribution in [3.8, 4) is 0 Å². The van der Waals surface area contributed by atoms with Crippen LogP contribution in [0.25, 0.3) is 0 Å². The smallest absolute Gasteiger partial charge is 0.141 e. The van der Waals surface area contributed by atoms with E-state index < -0.39 is 0 Å². The Morgan fingerprint density at radius 2 is 1.81 bits per heavy atom. The van der Waals surface area contributed by atoms with E-state index in [1.165, 1.54) is 22.8 Å². The molecule has 1 unspecified atom stereocenters. The van der Waals surface area contributed by atoms with E-state index in [2.05, 4.69) is 44.3 Å². The molecule has 0 aromatic heterocycles. The van der Waals surface area contributed by atoms with Crippen molar-refractivity contribution in [2.24, 2.45) is 0 Å². The summed E-state index contributed by atoms with van der Waals surface area (Å²) in [5, 5.41) is 3.71. The van der Waals surface area contributed by atoms with Crippen molar-refractivity contribution in [3.05, 3.63) is 69.5 Å². The molecule has 2 aromatic rings. The van der Waals surface area contributed by atoms with Gasteiger partial charge in [-0.1, -0.05) is 42.8 Å². The minimum Gasteiger partial charge on any atom is -0.310 e. The van der Waals surface area contributed by atoms with Gasteiger partial charge in [-0.25, -0.2) is 4.39 Å². The highest BCUT2D eigenvalue weighted by Crippen LogP contribution is 2.26. The number of aryl methyl sites for hydroxylation is 2. The lowest BCUT2D eigenvalue weighted by Crippen LogP contribution is -2.24. The molecule has 0 saturated carbocycles. The van der Waals surface area contributed by atoms with Crippen LogP contribution in [0.1, 0.15) is 35.2 Å². The fraction of sp³-hybridized carbons (Fsp3) is 0.333. The Morgan fingerprint density at radius 3 is 2.38 bits per heavy atom. The zero-order valence-corrected chi connectivity index (χ0v) is 13.5. The molecule has 2 rings (SSSR count). The summed E-state index contributed by atoms with van der Waals surface area (Å²) >= 11 is 5.89. The van der Waals surface area contributed by atoms with Crippen LogP contribution in [0.2, 0.25) is 5.02 Å². The first-order chi connectivity index (χ1) is 10.0. The molecule has 21 heavy (non-hydrogen) atoms. The van der Waals surface area contributed by atoms with Gasteiger partial charge in [0.1, 0.15) is 5.82 Å². The standard InChI is InChI=1S/C18H21ClFN/c1-4-21-17(18-12(2)6-5-7-13(18)3)11-14-8-9-16(20)15(19)10-14/h5-10,17,21H,4,11H2,1-3H3. The molecule has 0 aliphatic heterocycles. The molecule has 3 heteroatoms. The zero-order chi connectivity index (χ0) is 15.4. The molecule has 1 N–H and O–H groups in total. The Hall–Kier alpha value is -1.38. The second-order valence-corrected chi connectivity index (χ2v) is 5.78. The van der Waals surface area contributed by atoms with E-state index in [1.54, 1.807) is 12.1 Å². The van der Waals surface area contributed by atoms with E-state index in [0.29, 0.717) is 0 Å². The maximum atomic E-state index is 13.3. The number of hydrogen-bond acceptors (Lipinski definition) is 1. The predicted molar refractivity (Wildman–Crippen MR) is 87.4 cm³/mol. The molecule has 0 fully saturated rings. The van der Waals surface area contributed by atoms with Crippen LogP contribution in [0.3, 0.4) is 0 Å². The van der Waals surface area contributed by atoms with Crippen LogP contribution in [-0.4, -0.2) is 6.54 Å². The second kappa shape index (κ2) is 7.06. The molecule has 112 valence electrons. The van der Waals surface area contributed by atoms with Crippen molar-refractivity contribution in [2.75, 3.05) is 6.54 Å². The molecule has 1 atom stereocenters. The van der Waals surface area contributed by atoms with Gasteiger partial charge in [-0.15, -0.1) is 0 Å². The van der Waals surface area contributed by atoms with Crippen LogP contribution in [0.4, 0.5) is 4.39 Å². The van der Waals surface area contributed by atoms with Crippen LogP contribution < -0.4 is 5.32 Å². The summed E-state index contributed by atoms with van der Waals surface area (Å²) in [5.41, 5.74) is 4.90. The summed E-state index contributed by atoms with van der Waals surface area (Å²) in [6.45, 7) is 7.24. The quantitative estimate of drug-likeness (QED) is 0.820. The molecule has 2 aromatic carbocycles. The topological polar surface area (TPSA) is 12.0 Å². The summed E-state index contributed by atoms with van der Waals surface area (Å²) in [7, 11) is 0. The lowest BCUT2D eigenvalue weighted by Gasteiger charge is -2.23. The summed E-state index contributed by atoms with van der Waals surface area (Å²) in [6.07, 6.45) is 0.791. The third-order valence-electron chi connectivity index (χ3n) is 3.76. The van der Waals surface area contributed by atoms with Crippen LogP contribution in [0.15, 0.2) is 36.4 Å². The Morgan fingerprint density at radius 1 is 1.14 bits per heavy atom. The van der Waals surface area contributed by atoms with Gasteiger partial charge in [-0.05, 0) is 61.2 Å². The van der Waals surface area contributed by atoms with Crippen molar-refractivity contribution < 1.29 is 4.39 Å². The molecule has 0 bridgehead atoms. The Bertz CT molecular complexity index is 604. The highest BCUT2D eigenvalue weighted by Gasteiger charge is 2.16. The lowest BCUT2D eigenvalue weighted by molar-refractivity contribution is 0.544. The minimum absolute atomic E-state index is 0.184. The Balaban J connectivity index is 2.33. The molecule has 0 amide bonds. The first-order valence-corrected chi connectivity index (χ1v) is 7.64. The summed E-state index contributed by atoms with van der Waals surface area (Å²) in [5.74, 6) is -0.368. The number of benzene rings is 2. The lowest BCUT2D eigenvalue weighted by atomic mass is 9.91. The third-order valence-corrected chi connectivity index (χ3v) is 4.05. The molecule has 0 radical (unpaired) electrons. The molecule has 0 heterocycles.